The predicted octanol–water partition coefficient (Wildman–Crippen LogP) is 3.52. The summed E-state index contributed by atoms with van der Waals surface area (Å²) in [7, 11) is 0. The quantitative estimate of drug-likeness (QED) is 0.719. The molecule has 3 rings (SSSR count). The summed E-state index contributed by atoms with van der Waals surface area (Å²) in [5.41, 5.74) is 3.47. The Hall–Kier alpha value is -3.35. The molecule has 2 N–H and O–H groups in total. The molecule has 7 heteroatoms. The van der Waals surface area contributed by atoms with Gasteiger partial charge in [0.15, 0.2) is 5.78 Å². The van der Waals surface area contributed by atoms with E-state index in [-0.39, 0.29) is 36.5 Å². The van der Waals surface area contributed by atoms with Crippen LogP contribution in [0.15, 0.2) is 36.4 Å². The highest BCUT2D eigenvalue weighted by Crippen LogP contribution is 2.37. The molecule has 1 aliphatic carbocycles. The van der Waals surface area contributed by atoms with Crippen molar-refractivity contribution >= 4 is 23.5 Å². The third-order valence-electron chi connectivity index (χ3n) is 5.61. The van der Waals surface area contributed by atoms with Crippen molar-refractivity contribution in [1.82, 2.24) is 10.6 Å². The van der Waals surface area contributed by atoms with Gasteiger partial charge in [-0.05, 0) is 56.0 Å². The van der Waals surface area contributed by atoms with Gasteiger partial charge in [0, 0.05) is 18.9 Å². The number of rotatable bonds is 5. The van der Waals surface area contributed by atoms with E-state index in [1.54, 1.807) is 0 Å². The molecule has 2 atom stereocenters. The van der Waals surface area contributed by atoms with Crippen LogP contribution in [0.3, 0.4) is 0 Å². The summed E-state index contributed by atoms with van der Waals surface area (Å²) in [6.07, 6.45) is 0.417. The third kappa shape index (κ3) is 4.87. The molecule has 0 aliphatic heterocycles. The van der Waals surface area contributed by atoms with E-state index in [9.17, 15) is 23.6 Å². The van der Waals surface area contributed by atoms with Gasteiger partial charge < -0.3 is 5.32 Å². The van der Waals surface area contributed by atoms with Crippen molar-refractivity contribution in [2.45, 2.75) is 39.5 Å². The Morgan fingerprint density at radius 3 is 2.35 bits per heavy atom. The van der Waals surface area contributed by atoms with Crippen LogP contribution in [0.2, 0.25) is 0 Å². The molecule has 2 aromatic rings. The Balaban J connectivity index is 1.57. The van der Waals surface area contributed by atoms with Gasteiger partial charge in [-0.25, -0.2) is 9.18 Å². The number of carbonyl (C=O) groups is 4. The fourth-order valence-corrected chi connectivity index (χ4v) is 4.27. The van der Waals surface area contributed by atoms with E-state index < -0.39 is 29.6 Å². The van der Waals surface area contributed by atoms with E-state index in [0.717, 1.165) is 28.3 Å². The number of ketones is 2. The van der Waals surface area contributed by atoms with Crippen molar-refractivity contribution in [1.29, 1.82) is 0 Å². The zero-order valence-electron chi connectivity index (χ0n) is 17.8. The van der Waals surface area contributed by atoms with Crippen LogP contribution in [-0.4, -0.2) is 30.0 Å². The molecular weight excluding hydrogens is 399 g/mol. The molecule has 1 fully saturated rings. The molecular formula is C24H25FN2O4. The molecule has 1 saturated carbocycles. The first-order valence-corrected chi connectivity index (χ1v) is 10.2. The number of hydrogen-bond donors (Lipinski definition) is 2. The molecule has 162 valence electrons. The van der Waals surface area contributed by atoms with Crippen LogP contribution in [0.4, 0.5) is 9.18 Å². The Labute approximate surface area is 180 Å². The van der Waals surface area contributed by atoms with Gasteiger partial charge >= 0.3 is 6.03 Å². The summed E-state index contributed by atoms with van der Waals surface area (Å²) in [5.74, 6) is -3.07. The van der Waals surface area contributed by atoms with Gasteiger partial charge in [0.25, 0.3) is 5.91 Å². The lowest BCUT2D eigenvalue weighted by Crippen LogP contribution is -2.40. The van der Waals surface area contributed by atoms with Gasteiger partial charge in [-0.15, -0.1) is 0 Å². The fourth-order valence-electron chi connectivity index (χ4n) is 4.27. The van der Waals surface area contributed by atoms with E-state index in [2.05, 4.69) is 10.6 Å². The Kier molecular flexibility index (Phi) is 6.63. The summed E-state index contributed by atoms with van der Waals surface area (Å²) in [5, 5.41) is 4.55. The standard InChI is InChI=1S/C24H25FN2O4/c1-13-10-14(2)20(15(3)11-13)21-19(28)12-16(22(21)29)8-9-26-24(31)27-23(30)17-6-4-5-7-18(17)25/h4-7,10-11,16,21H,8-9,12H2,1-3H3,(H2,26,27,30,31). The van der Waals surface area contributed by atoms with Gasteiger partial charge in [-0.2, -0.15) is 0 Å². The number of benzene rings is 2. The van der Waals surface area contributed by atoms with Crippen LogP contribution >= 0.6 is 0 Å². The molecule has 0 spiro atoms. The smallest absolute Gasteiger partial charge is 0.321 e. The Morgan fingerprint density at radius 1 is 1.06 bits per heavy atom. The van der Waals surface area contributed by atoms with Gasteiger partial charge in [0.05, 0.1) is 5.56 Å². The first-order chi connectivity index (χ1) is 14.7. The molecule has 0 radical (unpaired) electrons. The molecule has 6 nitrogen and oxygen atoms in total. The largest absolute Gasteiger partial charge is 0.338 e. The van der Waals surface area contributed by atoms with E-state index in [1.807, 2.05) is 32.9 Å². The van der Waals surface area contributed by atoms with E-state index in [1.165, 1.54) is 18.2 Å². The number of halogens is 1. The summed E-state index contributed by atoms with van der Waals surface area (Å²) >= 11 is 0. The number of hydrogen-bond acceptors (Lipinski definition) is 4. The first kappa shape index (κ1) is 22.3. The number of amides is 3. The second-order valence-corrected chi connectivity index (χ2v) is 7.99. The van der Waals surface area contributed by atoms with Crippen molar-refractivity contribution < 1.29 is 23.6 Å². The number of urea groups is 1. The highest BCUT2D eigenvalue weighted by molar-refractivity contribution is 6.15. The van der Waals surface area contributed by atoms with Gasteiger partial charge in [-0.1, -0.05) is 29.8 Å². The minimum Gasteiger partial charge on any atom is -0.338 e. The van der Waals surface area contributed by atoms with Gasteiger partial charge in [0.2, 0.25) is 0 Å². The van der Waals surface area contributed by atoms with Crippen molar-refractivity contribution in [3.8, 4) is 0 Å². The second-order valence-electron chi connectivity index (χ2n) is 7.99. The van der Waals surface area contributed by atoms with Crippen molar-refractivity contribution in [2.75, 3.05) is 6.54 Å². The van der Waals surface area contributed by atoms with Crippen molar-refractivity contribution in [3.63, 3.8) is 0 Å². The average molecular weight is 424 g/mol. The number of carbonyl (C=O) groups excluding carboxylic acids is 4. The van der Waals surface area contributed by atoms with E-state index in [4.69, 9.17) is 0 Å². The predicted molar refractivity (Wildman–Crippen MR) is 113 cm³/mol. The van der Waals surface area contributed by atoms with Crippen molar-refractivity contribution in [2.24, 2.45) is 5.92 Å². The molecule has 1 aliphatic rings. The number of nitrogens with one attached hydrogen (secondary N) is 2. The van der Waals surface area contributed by atoms with E-state index >= 15 is 0 Å². The minimum absolute atomic E-state index is 0.107. The fraction of sp³-hybridized carbons (Fsp3) is 0.333. The molecule has 0 bridgehead atoms. The molecule has 2 aromatic carbocycles. The van der Waals surface area contributed by atoms with Crippen LogP contribution in [0, 0.1) is 32.5 Å². The normalized spacial score (nSPS) is 18.2. The maximum atomic E-state index is 13.6. The molecule has 2 unspecified atom stereocenters. The molecule has 3 amide bonds. The van der Waals surface area contributed by atoms with Crippen molar-refractivity contribution in [3.05, 3.63) is 70.0 Å². The maximum Gasteiger partial charge on any atom is 0.321 e. The van der Waals surface area contributed by atoms with Gasteiger partial charge in [0.1, 0.15) is 17.5 Å². The SMILES string of the molecule is Cc1cc(C)c(C2C(=O)CC(CCNC(=O)NC(=O)c3ccccc3F)C2=O)c(C)c1. The lowest BCUT2D eigenvalue weighted by atomic mass is 9.86. The first-order valence-electron chi connectivity index (χ1n) is 10.2. The maximum absolute atomic E-state index is 13.6. The second kappa shape index (κ2) is 9.20. The van der Waals surface area contributed by atoms with Crippen LogP contribution in [0.5, 0.6) is 0 Å². The van der Waals surface area contributed by atoms with E-state index in [0.29, 0.717) is 0 Å². The zero-order valence-corrected chi connectivity index (χ0v) is 17.8. The summed E-state index contributed by atoms with van der Waals surface area (Å²) in [4.78, 5) is 49.5. The minimum atomic E-state index is -0.854. The highest BCUT2D eigenvalue weighted by atomic mass is 19.1. The average Bonchev–Trinajstić information content (AvgIpc) is 2.95. The Bertz CT molecular complexity index is 1040. The number of Topliss-reactive ketones (excluding diaryl/α,β-unsaturated/α-hetero) is 2. The van der Waals surface area contributed by atoms with Crippen LogP contribution in [0.25, 0.3) is 0 Å². The van der Waals surface area contributed by atoms with Gasteiger partial charge in [-0.3, -0.25) is 19.7 Å². The summed E-state index contributed by atoms with van der Waals surface area (Å²) in [6.45, 7) is 5.89. The lowest BCUT2D eigenvalue weighted by Gasteiger charge is -2.16. The summed E-state index contributed by atoms with van der Waals surface area (Å²) in [6, 6.07) is 8.49. The topological polar surface area (TPSA) is 92.3 Å². The van der Waals surface area contributed by atoms with Crippen LogP contribution in [0.1, 0.15) is 51.4 Å². The monoisotopic (exact) mass is 424 g/mol. The molecule has 0 heterocycles. The van der Waals surface area contributed by atoms with Crippen LogP contribution in [-0.2, 0) is 9.59 Å². The third-order valence-corrected chi connectivity index (χ3v) is 5.61. The molecule has 31 heavy (non-hydrogen) atoms. The molecule has 0 aromatic heterocycles. The number of imide groups is 1. The Morgan fingerprint density at radius 2 is 1.71 bits per heavy atom. The molecule has 0 saturated heterocycles. The lowest BCUT2D eigenvalue weighted by molar-refractivity contribution is -0.124. The summed E-state index contributed by atoms with van der Waals surface area (Å²) < 4.78 is 13.6. The highest BCUT2D eigenvalue weighted by Gasteiger charge is 2.42. The van der Waals surface area contributed by atoms with Crippen LogP contribution < -0.4 is 10.6 Å². The number of aryl methyl sites for hydroxylation is 3. The zero-order chi connectivity index (χ0) is 22.7.